The predicted octanol–water partition coefficient (Wildman–Crippen LogP) is 4.55. The molecule has 218 valence electrons. The number of aromatic amines is 1. The van der Waals surface area contributed by atoms with Crippen LogP contribution in [0.3, 0.4) is 0 Å². The van der Waals surface area contributed by atoms with Gasteiger partial charge in [-0.2, -0.15) is 13.2 Å². The molecule has 0 spiro atoms. The molecule has 0 saturated carbocycles. The third-order valence-electron chi connectivity index (χ3n) is 6.73. The van der Waals surface area contributed by atoms with Crippen molar-refractivity contribution in [1.29, 1.82) is 0 Å². The van der Waals surface area contributed by atoms with Gasteiger partial charge in [0.2, 0.25) is 5.91 Å². The van der Waals surface area contributed by atoms with E-state index in [4.69, 9.17) is 16.3 Å². The molecular weight excluding hydrogens is 579 g/mol. The topological polar surface area (TPSA) is 129 Å². The Bertz CT molecular complexity index is 1940. The highest BCUT2D eigenvalue weighted by Crippen LogP contribution is 2.36. The van der Waals surface area contributed by atoms with Crippen LogP contribution in [0.5, 0.6) is 5.75 Å². The van der Waals surface area contributed by atoms with E-state index in [2.05, 4.69) is 20.6 Å². The number of fused-ring (bicyclic) bond motifs is 1. The number of carbonyl (C=O) groups excluding carboxylic acids is 1. The number of H-pyrrole nitrogens is 1. The Labute approximate surface area is 240 Å². The van der Waals surface area contributed by atoms with E-state index < -0.39 is 29.4 Å². The van der Waals surface area contributed by atoms with Crippen LogP contribution in [0.1, 0.15) is 25.1 Å². The van der Waals surface area contributed by atoms with Crippen LogP contribution in [0, 0.1) is 0 Å². The molecule has 1 unspecified atom stereocenters. The zero-order valence-corrected chi connectivity index (χ0v) is 23.1. The first-order valence-electron chi connectivity index (χ1n) is 12.5. The summed E-state index contributed by atoms with van der Waals surface area (Å²) >= 11 is 6.22. The number of amides is 1. The predicted molar refractivity (Wildman–Crippen MR) is 149 cm³/mol. The van der Waals surface area contributed by atoms with Crippen molar-refractivity contribution in [3.05, 3.63) is 86.5 Å². The summed E-state index contributed by atoms with van der Waals surface area (Å²) in [6.45, 7) is 1.73. The number of rotatable bonds is 7. The van der Waals surface area contributed by atoms with Gasteiger partial charge in [0.1, 0.15) is 17.3 Å². The van der Waals surface area contributed by atoms with Crippen molar-refractivity contribution in [2.45, 2.75) is 25.6 Å². The van der Waals surface area contributed by atoms with E-state index in [0.29, 0.717) is 16.6 Å². The molecule has 11 nitrogen and oxygen atoms in total. The SMILES string of the molecule is CCC(C(=O)Nc1cn(C)c2c(=O)[nH]ccc12)n1cc(OC)c(-c2cc(Cl)ccc2-n2cc(C(F)(F)F)nn2)cc1=O. The summed E-state index contributed by atoms with van der Waals surface area (Å²) in [6.07, 6.45) is 0.665. The highest BCUT2D eigenvalue weighted by Gasteiger charge is 2.35. The summed E-state index contributed by atoms with van der Waals surface area (Å²) in [5.41, 5.74) is -0.705. The van der Waals surface area contributed by atoms with Crippen LogP contribution < -0.4 is 21.2 Å². The summed E-state index contributed by atoms with van der Waals surface area (Å²) < 4.78 is 48.8. The maximum atomic E-state index is 13.4. The molecule has 2 N–H and O–H groups in total. The molecule has 4 heterocycles. The number of hydrogen-bond donors (Lipinski definition) is 2. The average Bonchev–Trinajstić information content (AvgIpc) is 3.56. The minimum absolute atomic E-state index is 0.150. The first kappa shape index (κ1) is 28.7. The van der Waals surface area contributed by atoms with Crippen LogP contribution >= 0.6 is 11.6 Å². The highest BCUT2D eigenvalue weighted by molar-refractivity contribution is 6.31. The second-order valence-corrected chi connectivity index (χ2v) is 9.78. The number of alkyl halides is 3. The fourth-order valence-corrected chi connectivity index (χ4v) is 4.94. The summed E-state index contributed by atoms with van der Waals surface area (Å²) in [6, 6.07) is 6.26. The Morgan fingerprint density at radius 1 is 1.14 bits per heavy atom. The molecule has 0 aliphatic heterocycles. The van der Waals surface area contributed by atoms with Crippen molar-refractivity contribution in [3.8, 4) is 22.6 Å². The lowest BCUT2D eigenvalue weighted by molar-refractivity contribution is -0.141. The van der Waals surface area contributed by atoms with Crippen LogP contribution in [0.25, 0.3) is 27.7 Å². The molecular formula is C27H23ClF3N7O4. The standard InChI is InChI=1S/C27H23ClF3N7O4/c1-4-19(25(40)33-18-11-36(2)24-15(18)7-8-32-26(24)41)37-12-21(42-3)17(10-23(37)39)16-9-14(28)5-6-20(16)38-13-22(34-35-38)27(29,30)31/h5-13,19H,4H2,1-3H3,(H,32,41)(H,33,40). The highest BCUT2D eigenvalue weighted by atomic mass is 35.5. The summed E-state index contributed by atoms with van der Waals surface area (Å²) in [5, 5.41) is 10.4. The van der Waals surface area contributed by atoms with Gasteiger partial charge in [0.05, 0.1) is 30.9 Å². The lowest BCUT2D eigenvalue weighted by Crippen LogP contribution is -2.32. The normalized spacial score (nSPS) is 12.5. The van der Waals surface area contributed by atoms with Gasteiger partial charge in [-0.15, -0.1) is 5.10 Å². The largest absolute Gasteiger partial charge is 0.495 e. The molecule has 5 rings (SSSR count). The number of anilines is 1. The second kappa shape index (κ2) is 10.9. The number of benzene rings is 1. The van der Waals surface area contributed by atoms with Gasteiger partial charge >= 0.3 is 6.18 Å². The molecule has 4 aromatic heterocycles. The van der Waals surface area contributed by atoms with Crippen LogP contribution in [0.15, 0.2) is 64.7 Å². The number of halogens is 4. The number of carbonyl (C=O) groups is 1. The fourth-order valence-electron chi connectivity index (χ4n) is 4.77. The van der Waals surface area contributed by atoms with Crippen molar-refractivity contribution >= 4 is 34.1 Å². The number of aromatic nitrogens is 6. The van der Waals surface area contributed by atoms with Crippen molar-refractivity contribution in [3.63, 3.8) is 0 Å². The molecule has 1 aromatic carbocycles. The summed E-state index contributed by atoms with van der Waals surface area (Å²) in [7, 11) is 3.02. The van der Waals surface area contributed by atoms with E-state index >= 15 is 0 Å². The third kappa shape index (κ3) is 5.16. The monoisotopic (exact) mass is 601 g/mol. The third-order valence-corrected chi connectivity index (χ3v) is 6.96. The summed E-state index contributed by atoms with van der Waals surface area (Å²) in [4.78, 5) is 41.7. The van der Waals surface area contributed by atoms with E-state index in [-0.39, 0.29) is 39.6 Å². The van der Waals surface area contributed by atoms with Gasteiger partial charge in [0.25, 0.3) is 11.1 Å². The Balaban J connectivity index is 1.55. The first-order chi connectivity index (χ1) is 19.9. The molecule has 0 radical (unpaired) electrons. The maximum absolute atomic E-state index is 13.4. The number of pyridine rings is 2. The molecule has 0 aliphatic rings. The second-order valence-electron chi connectivity index (χ2n) is 9.34. The molecule has 1 atom stereocenters. The Morgan fingerprint density at radius 2 is 1.90 bits per heavy atom. The van der Waals surface area contributed by atoms with Crippen molar-refractivity contribution in [2.75, 3.05) is 12.4 Å². The van der Waals surface area contributed by atoms with Gasteiger partial charge in [-0.05, 0) is 30.7 Å². The number of ether oxygens (including phenoxy) is 1. The molecule has 15 heteroatoms. The zero-order valence-electron chi connectivity index (χ0n) is 22.4. The van der Waals surface area contributed by atoms with Crippen LogP contribution in [0.4, 0.5) is 18.9 Å². The minimum atomic E-state index is -4.71. The number of aryl methyl sites for hydroxylation is 1. The van der Waals surface area contributed by atoms with Crippen molar-refractivity contribution in [1.82, 2.24) is 29.1 Å². The van der Waals surface area contributed by atoms with Gasteiger partial charge in [-0.3, -0.25) is 19.0 Å². The Kier molecular flexibility index (Phi) is 7.41. The van der Waals surface area contributed by atoms with Crippen LogP contribution in [0.2, 0.25) is 5.02 Å². The van der Waals surface area contributed by atoms with Crippen LogP contribution in [-0.4, -0.2) is 42.1 Å². The average molecular weight is 602 g/mol. The van der Waals surface area contributed by atoms with E-state index in [1.54, 1.807) is 30.8 Å². The zero-order chi connectivity index (χ0) is 30.3. The Morgan fingerprint density at radius 3 is 2.57 bits per heavy atom. The molecule has 1 amide bonds. The van der Waals surface area contributed by atoms with E-state index in [9.17, 15) is 27.6 Å². The molecule has 42 heavy (non-hydrogen) atoms. The molecule has 0 fully saturated rings. The van der Waals surface area contributed by atoms with Gasteiger partial charge in [-0.1, -0.05) is 23.7 Å². The van der Waals surface area contributed by atoms with Gasteiger partial charge in [-0.25, -0.2) is 4.68 Å². The van der Waals surface area contributed by atoms with Gasteiger partial charge in [0, 0.05) is 47.0 Å². The lowest BCUT2D eigenvalue weighted by atomic mass is 10.0. The first-order valence-corrected chi connectivity index (χ1v) is 12.9. The van der Waals surface area contributed by atoms with Crippen LogP contribution in [-0.2, 0) is 18.0 Å². The number of nitrogens with one attached hydrogen (secondary N) is 2. The molecule has 0 aliphatic carbocycles. The smallest absolute Gasteiger partial charge is 0.436 e. The number of methoxy groups -OCH3 is 1. The fraction of sp³-hybridized carbons (Fsp3) is 0.222. The van der Waals surface area contributed by atoms with Gasteiger partial charge in [0.15, 0.2) is 5.69 Å². The summed E-state index contributed by atoms with van der Waals surface area (Å²) in [5.74, 6) is -0.356. The van der Waals surface area contributed by atoms with Gasteiger partial charge < -0.3 is 19.6 Å². The number of hydrogen-bond acceptors (Lipinski definition) is 6. The lowest BCUT2D eigenvalue weighted by Gasteiger charge is -2.20. The van der Waals surface area contributed by atoms with Crippen molar-refractivity contribution < 1.29 is 22.7 Å². The maximum Gasteiger partial charge on any atom is 0.436 e. The minimum Gasteiger partial charge on any atom is -0.495 e. The molecule has 0 saturated heterocycles. The molecule has 5 aromatic rings. The van der Waals surface area contributed by atoms with Crippen molar-refractivity contribution in [2.24, 2.45) is 7.05 Å². The molecule has 0 bridgehead atoms. The quantitative estimate of drug-likeness (QED) is 0.282. The number of nitrogens with zero attached hydrogens (tertiary/aromatic N) is 5. The van der Waals surface area contributed by atoms with E-state index in [0.717, 1.165) is 10.9 Å². The van der Waals surface area contributed by atoms with E-state index in [1.807, 2.05) is 0 Å². The Hall–Kier alpha value is -4.85. The van der Waals surface area contributed by atoms with E-state index in [1.165, 1.54) is 48.3 Å².